The minimum Gasteiger partial charge on any atom is -0.394 e. The Kier molecular flexibility index (Phi) is 5.55. The predicted octanol–water partition coefficient (Wildman–Crippen LogP) is 3.51. The Hall–Kier alpha value is -1.44. The fraction of sp³-hybridized carbons (Fsp3) is 0.400. The molecule has 1 unspecified atom stereocenters. The molecule has 0 aliphatic heterocycles. The number of thiazole rings is 1. The molecule has 2 rings (SSSR count). The smallest absolute Gasteiger partial charge is 0.194 e. The highest BCUT2D eigenvalue weighted by Gasteiger charge is 2.17. The highest BCUT2D eigenvalue weighted by Crippen LogP contribution is 2.23. The molecular weight excluding hydrogens is 313 g/mol. The average Bonchev–Trinajstić information content (AvgIpc) is 2.94. The summed E-state index contributed by atoms with van der Waals surface area (Å²) < 4.78 is 39.5. The maximum absolute atomic E-state index is 13.3. The third-order valence-electron chi connectivity index (χ3n) is 3.18. The van der Waals surface area contributed by atoms with Crippen molar-refractivity contribution in [3.63, 3.8) is 0 Å². The van der Waals surface area contributed by atoms with Gasteiger partial charge in [0, 0.05) is 23.5 Å². The molecule has 3 nitrogen and oxygen atoms in total. The van der Waals surface area contributed by atoms with Crippen molar-refractivity contribution in [3.05, 3.63) is 51.2 Å². The monoisotopic (exact) mass is 330 g/mol. The van der Waals surface area contributed by atoms with Crippen molar-refractivity contribution < 1.29 is 18.3 Å². The Morgan fingerprint density at radius 3 is 2.36 bits per heavy atom. The van der Waals surface area contributed by atoms with E-state index in [1.807, 2.05) is 13.8 Å². The van der Waals surface area contributed by atoms with Crippen LogP contribution in [0.4, 0.5) is 13.2 Å². The van der Waals surface area contributed by atoms with E-state index in [-0.39, 0.29) is 12.2 Å². The van der Waals surface area contributed by atoms with Crippen molar-refractivity contribution in [2.24, 2.45) is 0 Å². The van der Waals surface area contributed by atoms with Gasteiger partial charge in [-0.15, -0.1) is 11.3 Å². The highest BCUT2D eigenvalue weighted by atomic mass is 32.1. The van der Waals surface area contributed by atoms with E-state index in [2.05, 4.69) is 10.3 Å². The van der Waals surface area contributed by atoms with E-state index in [1.165, 1.54) is 11.3 Å². The lowest BCUT2D eigenvalue weighted by molar-refractivity contribution is 0.243. The molecular formula is C15H17F3N2OS. The largest absolute Gasteiger partial charge is 0.394 e. The molecule has 0 bridgehead atoms. The average molecular weight is 330 g/mol. The number of nitrogens with zero attached hydrogens (tertiary/aromatic N) is 1. The van der Waals surface area contributed by atoms with E-state index in [0.717, 1.165) is 22.0 Å². The first-order chi connectivity index (χ1) is 10.4. The lowest BCUT2D eigenvalue weighted by Crippen LogP contribution is -2.24. The number of aliphatic hydroxyl groups excluding tert-OH is 1. The summed E-state index contributed by atoms with van der Waals surface area (Å²) in [5.41, 5.74) is 0.160. The van der Waals surface area contributed by atoms with Gasteiger partial charge >= 0.3 is 0 Å². The summed E-state index contributed by atoms with van der Waals surface area (Å²) >= 11 is 1.53. The molecule has 2 N–H and O–H groups in total. The lowest BCUT2D eigenvalue weighted by atomic mass is 10.1. The van der Waals surface area contributed by atoms with Gasteiger partial charge < -0.3 is 10.4 Å². The van der Waals surface area contributed by atoms with Crippen LogP contribution in [0.1, 0.15) is 41.3 Å². The quantitative estimate of drug-likeness (QED) is 0.797. The van der Waals surface area contributed by atoms with Gasteiger partial charge in [-0.05, 0) is 17.7 Å². The van der Waals surface area contributed by atoms with Crippen LogP contribution in [0.2, 0.25) is 0 Å². The van der Waals surface area contributed by atoms with E-state index in [9.17, 15) is 18.3 Å². The Bertz CT molecular complexity index is 622. The van der Waals surface area contributed by atoms with Crippen LogP contribution >= 0.6 is 11.3 Å². The van der Waals surface area contributed by atoms with Crippen LogP contribution < -0.4 is 5.32 Å². The van der Waals surface area contributed by atoms with Gasteiger partial charge in [-0.25, -0.2) is 18.2 Å². The number of nitrogens with one attached hydrogen (secondary N) is 1. The number of aromatic nitrogens is 1. The summed E-state index contributed by atoms with van der Waals surface area (Å²) in [5.74, 6) is -3.72. The second-order valence-corrected chi connectivity index (χ2v) is 6.38. The standard InChI is InChI=1S/C15H17F3N2OS/c1-8(2)15-20-6-10(22-15)5-19-13(7-21)9-3-11(16)14(18)12(17)4-9/h3-4,6,8,13,19,21H,5,7H2,1-2H3. The fourth-order valence-electron chi connectivity index (χ4n) is 1.96. The summed E-state index contributed by atoms with van der Waals surface area (Å²) in [6.45, 7) is 4.11. The Morgan fingerprint density at radius 2 is 1.86 bits per heavy atom. The minimum atomic E-state index is -1.51. The van der Waals surface area contributed by atoms with Gasteiger partial charge in [0.05, 0.1) is 17.7 Å². The number of hydrogen-bond donors (Lipinski definition) is 2. The van der Waals surface area contributed by atoms with Crippen molar-refractivity contribution in [1.29, 1.82) is 0 Å². The summed E-state index contributed by atoms with van der Waals surface area (Å²) in [5, 5.41) is 13.4. The van der Waals surface area contributed by atoms with Crippen LogP contribution in [0.15, 0.2) is 18.3 Å². The zero-order valence-corrected chi connectivity index (χ0v) is 13.1. The first-order valence-corrected chi connectivity index (χ1v) is 7.67. The first kappa shape index (κ1) is 16.9. The second-order valence-electron chi connectivity index (χ2n) is 5.23. The van der Waals surface area contributed by atoms with Crippen LogP contribution in [0.5, 0.6) is 0 Å². The Labute approximate surface area is 130 Å². The van der Waals surface area contributed by atoms with E-state index in [4.69, 9.17) is 0 Å². The van der Waals surface area contributed by atoms with E-state index in [1.54, 1.807) is 6.20 Å². The normalized spacial score (nSPS) is 12.9. The molecule has 0 fully saturated rings. The van der Waals surface area contributed by atoms with Crippen LogP contribution in [0.25, 0.3) is 0 Å². The van der Waals surface area contributed by atoms with Crippen molar-refractivity contribution >= 4 is 11.3 Å². The van der Waals surface area contributed by atoms with E-state index in [0.29, 0.717) is 12.5 Å². The summed E-state index contributed by atoms with van der Waals surface area (Å²) in [6, 6.07) is 1.09. The molecule has 7 heteroatoms. The molecule has 0 aliphatic rings. The fourth-order valence-corrected chi connectivity index (χ4v) is 2.83. The molecule has 1 atom stereocenters. The zero-order valence-electron chi connectivity index (χ0n) is 12.2. The lowest BCUT2D eigenvalue weighted by Gasteiger charge is -2.16. The van der Waals surface area contributed by atoms with Gasteiger partial charge in [-0.1, -0.05) is 13.8 Å². The molecule has 1 heterocycles. The van der Waals surface area contributed by atoms with Gasteiger partial charge in [0.25, 0.3) is 0 Å². The third-order valence-corrected chi connectivity index (χ3v) is 4.48. The molecule has 0 spiro atoms. The highest BCUT2D eigenvalue weighted by molar-refractivity contribution is 7.11. The third kappa shape index (κ3) is 3.85. The maximum Gasteiger partial charge on any atom is 0.194 e. The molecule has 0 amide bonds. The van der Waals surface area contributed by atoms with E-state index >= 15 is 0 Å². The Morgan fingerprint density at radius 1 is 1.23 bits per heavy atom. The zero-order chi connectivity index (χ0) is 16.3. The maximum atomic E-state index is 13.3. The van der Waals surface area contributed by atoms with Crippen LogP contribution in [-0.2, 0) is 6.54 Å². The molecule has 2 aromatic rings. The Balaban J connectivity index is 2.09. The second kappa shape index (κ2) is 7.21. The number of rotatable bonds is 6. The first-order valence-electron chi connectivity index (χ1n) is 6.85. The van der Waals surface area contributed by atoms with Gasteiger partial charge in [0.2, 0.25) is 0 Å². The van der Waals surface area contributed by atoms with Crippen molar-refractivity contribution in [2.45, 2.75) is 32.4 Å². The van der Waals surface area contributed by atoms with Gasteiger partial charge in [-0.3, -0.25) is 0 Å². The topological polar surface area (TPSA) is 45.2 Å². The molecule has 22 heavy (non-hydrogen) atoms. The van der Waals surface area contributed by atoms with Gasteiger partial charge in [-0.2, -0.15) is 0 Å². The molecule has 1 aromatic carbocycles. The number of aliphatic hydroxyl groups is 1. The van der Waals surface area contributed by atoms with Crippen LogP contribution in [0.3, 0.4) is 0 Å². The molecule has 0 aliphatic carbocycles. The molecule has 0 saturated heterocycles. The van der Waals surface area contributed by atoms with Crippen LogP contribution in [-0.4, -0.2) is 16.7 Å². The summed E-state index contributed by atoms with van der Waals surface area (Å²) in [7, 11) is 0. The van der Waals surface area contributed by atoms with Gasteiger partial charge in [0.15, 0.2) is 17.5 Å². The van der Waals surface area contributed by atoms with Crippen LogP contribution in [0, 0.1) is 17.5 Å². The molecule has 120 valence electrons. The minimum absolute atomic E-state index is 0.160. The molecule has 1 aromatic heterocycles. The summed E-state index contributed by atoms with van der Waals surface area (Å²) in [4.78, 5) is 5.23. The van der Waals surface area contributed by atoms with Crippen molar-refractivity contribution in [2.75, 3.05) is 6.61 Å². The van der Waals surface area contributed by atoms with E-state index < -0.39 is 23.5 Å². The predicted molar refractivity (Wildman–Crippen MR) is 79.2 cm³/mol. The number of benzene rings is 1. The molecule has 0 saturated carbocycles. The van der Waals surface area contributed by atoms with Crippen molar-refractivity contribution in [3.8, 4) is 0 Å². The summed E-state index contributed by atoms with van der Waals surface area (Å²) in [6.07, 6.45) is 1.73. The SMILES string of the molecule is CC(C)c1ncc(CNC(CO)c2cc(F)c(F)c(F)c2)s1. The van der Waals surface area contributed by atoms with Crippen molar-refractivity contribution in [1.82, 2.24) is 10.3 Å². The molecule has 0 radical (unpaired) electrons. The number of hydrogen-bond acceptors (Lipinski definition) is 4. The van der Waals surface area contributed by atoms with Gasteiger partial charge in [0.1, 0.15) is 0 Å². The number of halogens is 3.